The second-order valence-electron chi connectivity index (χ2n) is 5.57. The summed E-state index contributed by atoms with van der Waals surface area (Å²) in [5.74, 6) is 0. The molecule has 0 aliphatic heterocycles. The molecule has 0 aliphatic rings. The van der Waals surface area contributed by atoms with Gasteiger partial charge in [0.05, 0.1) is 0 Å². The van der Waals surface area contributed by atoms with E-state index in [-0.39, 0.29) is 36.2 Å². The first-order valence-corrected chi connectivity index (χ1v) is 7.90. The number of alkyl halides is 6. The third kappa shape index (κ3) is 4.05. The molecule has 0 saturated heterocycles. The second kappa shape index (κ2) is 7.73. The van der Waals surface area contributed by atoms with E-state index in [0.29, 0.717) is 12.1 Å². The Hall–Kier alpha value is -1.97. The summed E-state index contributed by atoms with van der Waals surface area (Å²) in [5.41, 5.74) is -6.09. The summed E-state index contributed by atoms with van der Waals surface area (Å²) in [6.07, 6.45) is -11.8. The lowest BCUT2D eigenvalue weighted by atomic mass is 9.87. The molecule has 4 nitrogen and oxygen atoms in total. The molecule has 0 spiro atoms. The fraction of sp³-hybridized carbons (Fsp3) is 0.562. The second-order valence-corrected chi connectivity index (χ2v) is 5.57. The number of rotatable bonds is 5. The third-order valence-electron chi connectivity index (χ3n) is 3.88. The highest BCUT2D eigenvalue weighted by Gasteiger charge is 2.71. The van der Waals surface area contributed by atoms with Gasteiger partial charge in [-0.2, -0.15) is 26.3 Å². The van der Waals surface area contributed by atoms with Crippen LogP contribution in [0.2, 0.25) is 0 Å². The number of carbonyl (C=O) groups excluding carboxylic acids is 1. The van der Waals surface area contributed by atoms with Crippen LogP contribution in [0.3, 0.4) is 0 Å². The van der Waals surface area contributed by atoms with Crippen molar-refractivity contribution in [2.45, 2.75) is 51.6 Å². The molecule has 148 valence electrons. The number of urea groups is 1. The molecule has 1 rings (SSSR count). The van der Waals surface area contributed by atoms with E-state index in [4.69, 9.17) is 0 Å². The van der Waals surface area contributed by atoms with Crippen LogP contribution in [0.15, 0.2) is 12.1 Å². The summed E-state index contributed by atoms with van der Waals surface area (Å²) in [7, 11) is 0. The first kappa shape index (κ1) is 22.1. The van der Waals surface area contributed by atoms with Crippen LogP contribution in [0.1, 0.15) is 37.5 Å². The first-order chi connectivity index (χ1) is 11.8. The van der Waals surface area contributed by atoms with Crippen molar-refractivity contribution in [3.63, 3.8) is 0 Å². The van der Waals surface area contributed by atoms with Gasteiger partial charge in [0, 0.05) is 17.8 Å². The Morgan fingerprint density at radius 1 is 0.962 bits per heavy atom. The number of nitrogens with one attached hydrogen (secondary N) is 2. The Labute approximate surface area is 146 Å². The van der Waals surface area contributed by atoms with Gasteiger partial charge in [0.25, 0.3) is 5.60 Å². The van der Waals surface area contributed by atoms with Gasteiger partial charge in [0.1, 0.15) is 0 Å². The van der Waals surface area contributed by atoms with Crippen LogP contribution in [0, 0.1) is 0 Å². The van der Waals surface area contributed by atoms with E-state index in [0.717, 1.165) is 0 Å². The van der Waals surface area contributed by atoms with Crippen LogP contribution in [-0.2, 0) is 18.4 Å². The molecule has 0 aliphatic carbocycles. The van der Waals surface area contributed by atoms with E-state index < -0.39 is 29.5 Å². The molecule has 0 heterocycles. The van der Waals surface area contributed by atoms with Gasteiger partial charge in [0.2, 0.25) is 0 Å². The normalized spacial score (nSPS) is 12.8. The third-order valence-corrected chi connectivity index (χ3v) is 3.88. The van der Waals surface area contributed by atoms with Crippen molar-refractivity contribution < 1.29 is 36.2 Å². The lowest BCUT2D eigenvalue weighted by molar-refractivity contribution is -0.376. The topological polar surface area (TPSA) is 61.4 Å². The van der Waals surface area contributed by atoms with Gasteiger partial charge in [-0.25, -0.2) is 4.79 Å². The summed E-state index contributed by atoms with van der Waals surface area (Å²) in [6.45, 7) is 4.97. The fourth-order valence-corrected chi connectivity index (χ4v) is 2.50. The van der Waals surface area contributed by atoms with Crippen molar-refractivity contribution >= 4 is 11.7 Å². The van der Waals surface area contributed by atoms with E-state index in [1.807, 2.05) is 0 Å². The van der Waals surface area contributed by atoms with Crippen molar-refractivity contribution in [2.24, 2.45) is 0 Å². The number of amides is 2. The number of aliphatic hydroxyl groups is 1. The summed E-state index contributed by atoms with van der Waals surface area (Å²) in [6, 6.07) is 0.621. The van der Waals surface area contributed by atoms with Gasteiger partial charge in [-0.05, 0) is 30.9 Å². The van der Waals surface area contributed by atoms with E-state index in [1.54, 1.807) is 6.92 Å². The highest BCUT2D eigenvalue weighted by molar-refractivity contribution is 5.91. The van der Waals surface area contributed by atoms with Gasteiger partial charge in [-0.15, -0.1) is 0 Å². The molecule has 3 N–H and O–H groups in total. The Balaban J connectivity index is 3.63. The zero-order valence-electron chi connectivity index (χ0n) is 14.4. The Kier molecular flexibility index (Phi) is 6.56. The summed E-state index contributed by atoms with van der Waals surface area (Å²) >= 11 is 0. The molecule has 10 heteroatoms. The minimum absolute atomic E-state index is 0.0500. The van der Waals surface area contributed by atoms with E-state index in [2.05, 4.69) is 10.6 Å². The largest absolute Gasteiger partial charge is 0.430 e. The predicted octanol–water partition coefficient (Wildman–Crippen LogP) is 4.27. The van der Waals surface area contributed by atoms with Crippen LogP contribution < -0.4 is 10.6 Å². The van der Waals surface area contributed by atoms with Crippen LogP contribution in [-0.4, -0.2) is 30.0 Å². The Morgan fingerprint density at radius 2 is 1.38 bits per heavy atom. The van der Waals surface area contributed by atoms with Gasteiger partial charge in [0.15, 0.2) is 0 Å². The highest BCUT2D eigenvalue weighted by Crippen LogP contribution is 2.50. The number of carbonyl (C=O) groups is 1. The van der Waals surface area contributed by atoms with Crippen LogP contribution in [0.4, 0.5) is 36.8 Å². The van der Waals surface area contributed by atoms with E-state index in [1.165, 1.54) is 13.8 Å². The zero-order chi connectivity index (χ0) is 20.3. The van der Waals surface area contributed by atoms with Crippen molar-refractivity contribution in [1.82, 2.24) is 5.32 Å². The summed E-state index contributed by atoms with van der Waals surface area (Å²) in [4.78, 5) is 11.7. The number of anilines is 1. The summed E-state index contributed by atoms with van der Waals surface area (Å²) in [5, 5.41) is 14.5. The maximum atomic E-state index is 13.1. The monoisotopic (exact) mass is 386 g/mol. The highest BCUT2D eigenvalue weighted by atomic mass is 19.4. The number of hydrogen-bond donors (Lipinski definition) is 3. The fourth-order valence-electron chi connectivity index (χ4n) is 2.50. The minimum atomic E-state index is -5.96. The Bertz CT molecular complexity index is 616. The molecule has 1 aromatic rings. The molecule has 0 fully saturated rings. The SMILES string of the molecule is CCNC(=O)Nc1c(CC)cc(C(O)(C(F)(F)F)C(F)(F)F)cc1CC. The molecular formula is C16H20F6N2O2. The Morgan fingerprint density at radius 3 is 1.69 bits per heavy atom. The van der Waals surface area contributed by atoms with E-state index in [9.17, 15) is 36.2 Å². The van der Waals surface area contributed by atoms with E-state index >= 15 is 0 Å². The molecule has 26 heavy (non-hydrogen) atoms. The predicted molar refractivity (Wildman–Crippen MR) is 83.9 cm³/mol. The molecule has 0 unspecified atom stereocenters. The van der Waals surface area contributed by atoms with Crippen molar-refractivity contribution in [2.75, 3.05) is 11.9 Å². The smallest absolute Gasteiger partial charge is 0.369 e. The average Bonchev–Trinajstić information content (AvgIpc) is 2.52. The molecule has 1 aromatic carbocycles. The number of hydrogen-bond acceptors (Lipinski definition) is 2. The molecular weight excluding hydrogens is 366 g/mol. The maximum absolute atomic E-state index is 13.1. The molecule has 0 atom stereocenters. The van der Waals surface area contributed by atoms with Gasteiger partial charge < -0.3 is 15.7 Å². The molecule has 0 aromatic heterocycles. The lowest BCUT2D eigenvalue weighted by Gasteiger charge is -2.33. The molecule has 0 radical (unpaired) electrons. The van der Waals surface area contributed by atoms with Gasteiger partial charge in [-0.1, -0.05) is 26.0 Å². The molecule has 2 amide bonds. The average molecular weight is 386 g/mol. The maximum Gasteiger partial charge on any atom is 0.430 e. The van der Waals surface area contributed by atoms with Crippen LogP contribution in [0.25, 0.3) is 0 Å². The number of benzene rings is 1. The van der Waals surface area contributed by atoms with Gasteiger partial charge in [-0.3, -0.25) is 0 Å². The standard InChI is InChI=1S/C16H20F6N2O2/c1-4-9-7-11(14(26,15(17,18)19)16(20,21)22)8-10(5-2)12(9)24-13(25)23-6-3/h7-8,26H,4-6H2,1-3H3,(H2,23,24,25). The van der Waals surface area contributed by atoms with Crippen molar-refractivity contribution in [3.05, 3.63) is 28.8 Å². The minimum Gasteiger partial charge on any atom is -0.369 e. The number of aryl methyl sites for hydroxylation is 2. The quantitative estimate of drug-likeness (QED) is 0.662. The molecule has 0 saturated carbocycles. The summed E-state index contributed by atoms with van der Waals surface area (Å²) < 4.78 is 78.7. The van der Waals surface area contributed by atoms with Crippen LogP contribution >= 0.6 is 0 Å². The zero-order valence-corrected chi connectivity index (χ0v) is 14.4. The lowest BCUT2D eigenvalue weighted by Crippen LogP contribution is -2.54. The first-order valence-electron chi connectivity index (χ1n) is 7.90. The van der Waals surface area contributed by atoms with Gasteiger partial charge >= 0.3 is 18.4 Å². The number of halogens is 6. The van der Waals surface area contributed by atoms with Crippen molar-refractivity contribution in [1.29, 1.82) is 0 Å². The van der Waals surface area contributed by atoms with Crippen LogP contribution in [0.5, 0.6) is 0 Å². The molecule has 0 bridgehead atoms. The van der Waals surface area contributed by atoms with Crippen molar-refractivity contribution in [3.8, 4) is 0 Å².